The van der Waals surface area contributed by atoms with E-state index in [0.717, 1.165) is 0 Å². The van der Waals surface area contributed by atoms with Crippen LogP contribution in [0.25, 0.3) is 0 Å². The number of benzene rings is 1. The Balaban J connectivity index is 1.97. The number of anilines is 2. The first-order chi connectivity index (χ1) is 12.4. The average Bonchev–Trinajstić information content (AvgIpc) is 3.08. The molecule has 1 aromatic carbocycles. The Morgan fingerprint density at radius 3 is 2.62 bits per heavy atom. The molecule has 0 aliphatic carbocycles. The number of hydrogen-bond donors (Lipinski definition) is 2. The smallest absolute Gasteiger partial charge is 0.358 e. The molecule has 0 aliphatic rings. The molecule has 0 radical (unpaired) electrons. The number of nitrogens with zero attached hydrogens (tertiary/aromatic N) is 1. The summed E-state index contributed by atoms with van der Waals surface area (Å²) in [5, 5.41) is 7.73. The number of ether oxygens (including phenoxy) is 1. The minimum absolute atomic E-state index is 0.141. The molecule has 2 aromatic rings. The standard InChI is InChI=1S/C18H19N3O4S/c1-4-9-19-18-21-15(10-26-18)17(24)25-11(2)16(23)13-5-7-14(8-6-13)20-12(3)22/h4-8,10-11H,1,9H2,2-3H3,(H,19,21)(H,20,22)/t11-/m0/s1. The molecule has 0 bridgehead atoms. The lowest BCUT2D eigenvalue weighted by molar-refractivity contribution is -0.114. The first-order valence-electron chi connectivity index (χ1n) is 7.84. The minimum Gasteiger partial charge on any atom is -0.450 e. The number of hydrogen-bond acceptors (Lipinski definition) is 7. The van der Waals surface area contributed by atoms with Crippen LogP contribution in [0.1, 0.15) is 34.7 Å². The van der Waals surface area contributed by atoms with Crippen molar-refractivity contribution in [3.05, 3.63) is 53.6 Å². The Hall–Kier alpha value is -3.00. The number of ketones is 1. The van der Waals surface area contributed by atoms with Gasteiger partial charge < -0.3 is 15.4 Å². The molecule has 2 N–H and O–H groups in total. The fourth-order valence-electron chi connectivity index (χ4n) is 2.04. The number of carbonyl (C=O) groups is 3. The van der Waals surface area contributed by atoms with Crippen molar-refractivity contribution in [2.24, 2.45) is 0 Å². The molecule has 7 nitrogen and oxygen atoms in total. The summed E-state index contributed by atoms with van der Waals surface area (Å²) in [6, 6.07) is 6.36. The molecule has 0 spiro atoms. The maximum Gasteiger partial charge on any atom is 0.358 e. The quantitative estimate of drug-likeness (QED) is 0.419. The first kappa shape index (κ1) is 19.3. The topological polar surface area (TPSA) is 97.4 Å². The molecule has 1 atom stereocenters. The molecule has 0 saturated carbocycles. The van der Waals surface area contributed by atoms with Gasteiger partial charge in [0.25, 0.3) is 0 Å². The number of carbonyl (C=O) groups excluding carboxylic acids is 3. The highest BCUT2D eigenvalue weighted by molar-refractivity contribution is 7.13. The highest BCUT2D eigenvalue weighted by Crippen LogP contribution is 2.17. The Kier molecular flexibility index (Phi) is 6.62. The molecule has 1 amide bonds. The molecule has 136 valence electrons. The zero-order valence-electron chi connectivity index (χ0n) is 14.4. The van der Waals surface area contributed by atoms with E-state index in [1.807, 2.05) is 0 Å². The van der Waals surface area contributed by atoms with Crippen molar-refractivity contribution >= 4 is 39.8 Å². The van der Waals surface area contributed by atoms with Crippen LogP contribution in [0, 0.1) is 0 Å². The van der Waals surface area contributed by atoms with Gasteiger partial charge in [0, 0.05) is 30.1 Å². The van der Waals surface area contributed by atoms with Crippen LogP contribution in [0.2, 0.25) is 0 Å². The van der Waals surface area contributed by atoms with E-state index in [1.54, 1.807) is 35.7 Å². The Morgan fingerprint density at radius 2 is 2.00 bits per heavy atom. The summed E-state index contributed by atoms with van der Waals surface area (Å²) in [7, 11) is 0. The second kappa shape index (κ2) is 8.91. The molecule has 8 heteroatoms. The van der Waals surface area contributed by atoms with Gasteiger partial charge in [-0.2, -0.15) is 0 Å². The second-order valence-electron chi connectivity index (χ2n) is 5.38. The Morgan fingerprint density at radius 1 is 1.31 bits per heavy atom. The van der Waals surface area contributed by atoms with Gasteiger partial charge in [0.15, 0.2) is 16.9 Å². The summed E-state index contributed by atoms with van der Waals surface area (Å²) < 4.78 is 5.20. The molecule has 26 heavy (non-hydrogen) atoms. The fraction of sp³-hybridized carbons (Fsp3) is 0.222. The van der Waals surface area contributed by atoms with Crippen LogP contribution in [0.15, 0.2) is 42.3 Å². The predicted molar refractivity (Wildman–Crippen MR) is 101 cm³/mol. The summed E-state index contributed by atoms with van der Waals surface area (Å²) >= 11 is 1.27. The third-order valence-corrected chi connectivity index (χ3v) is 4.05. The van der Waals surface area contributed by atoms with Crippen molar-refractivity contribution in [1.29, 1.82) is 0 Å². The van der Waals surface area contributed by atoms with E-state index >= 15 is 0 Å². The molecule has 0 aliphatic heterocycles. The zero-order valence-corrected chi connectivity index (χ0v) is 15.3. The van der Waals surface area contributed by atoms with Gasteiger partial charge in [0.2, 0.25) is 11.7 Å². The number of amides is 1. The van der Waals surface area contributed by atoms with Gasteiger partial charge in [-0.25, -0.2) is 9.78 Å². The highest BCUT2D eigenvalue weighted by atomic mass is 32.1. The highest BCUT2D eigenvalue weighted by Gasteiger charge is 2.22. The molecular weight excluding hydrogens is 354 g/mol. The van der Waals surface area contributed by atoms with Crippen molar-refractivity contribution in [3.8, 4) is 0 Å². The molecule has 0 fully saturated rings. The average molecular weight is 373 g/mol. The monoisotopic (exact) mass is 373 g/mol. The molecule has 1 heterocycles. The van der Waals surface area contributed by atoms with E-state index < -0.39 is 12.1 Å². The van der Waals surface area contributed by atoms with Crippen molar-refractivity contribution in [3.63, 3.8) is 0 Å². The summed E-state index contributed by atoms with van der Waals surface area (Å²) in [6.45, 7) is 7.03. The zero-order chi connectivity index (χ0) is 19.1. The van der Waals surface area contributed by atoms with Crippen LogP contribution < -0.4 is 10.6 Å². The van der Waals surface area contributed by atoms with Crippen LogP contribution in [0.3, 0.4) is 0 Å². The molecule has 1 aromatic heterocycles. The van der Waals surface area contributed by atoms with E-state index in [4.69, 9.17) is 4.74 Å². The molecular formula is C18H19N3O4S. The third kappa shape index (κ3) is 5.25. The van der Waals surface area contributed by atoms with Crippen LogP contribution in [0.4, 0.5) is 10.8 Å². The number of aromatic nitrogens is 1. The third-order valence-electron chi connectivity index (χ3n) is 3.25. The van der Waals surface area contributed by atoms with E-state index in [9.17, 15) is 14.4 Å². The maximum absolute atomic E-state index is 12.4. The van der Waals surface area contributed by atoms with Gasteiger partial charge in [-0.3, -0.25) is 9.59 Å². The number of thiazole rings is 1. The predicted octanol–water partition coefficient (Wildman–Crippen LogP) is 3.13. The van der Waals surface area contributed by atoms with Crippen molar-refractivity contribution < 1.29 is 19.1 Å². The van der Waals surface area contributed by atoms with Gasteiger partial charge in [0.05, 0.1) is 0 Å². The largest absolute Gasteiger partial charge is 0.450 e. The lowest BCUT2D eigenvalue weighted by Crippen LogP contribution is -2.24. The number of nitrogens with one attached hydrogen (secondary N) is 2. The summed E-state index contributed by atoms with van der Waals surface area (Å²) in [6.07, 6.45) is 0.720. The first-order valence-corrected chi connectivity index (χ1v) is 8.72. The Bertz CT molecular complexity index is 814. The van der Waals surface area contributed by atoms with Gasteiger partial charge in [0.1, 0.15) is 0 Å². The normalized spacial score (nSPS) is 11.3. The second-order valence-corrected chi connectivity index (χ2v) is 6.24. The van der Waals surface area contributed by atoms with E-state index in [0.29, 0.717) is 22.9 Å². The van der Waals surface area contributed by atoms with Crippen LogP contribution >= 0.6 is 11.3 Å². The molecule has 0 unspecified atom stereocenters. The summed E-state index contributed by atoms with van der Waals surface area (Å²) in [5.74, 6) is -1.20. The number of esters is 1. The van der Waals surface area contributed by atoms with Gasteiger partial charge >= 0.3 is 5.97 Å². The Labute approximate surface area is 155 Å². The number of Topliss-reactive ketones (excluding diaryl/α,β-unsaturated/α-hetero) is 1. The lowest BCUT2D eigenvalue weighted by Gasteiger charge is -2.12. The van der Waals surface area contributed by atoms with Gasteiger partial charge in [-0.15, -0.1) is 17.9 Å². The van der Waals surface area contributed by atoms with Crippen LogP contribution in [0.5, 0.6) is 0 Å². The SMILES string of the molecule is C=CCNc1nc(C(=O)O[C@@H](C)C(=O)c2ccc(NC(C)=O)cc2)cs1. The lowest BCUT2D eigenvalue weighted by atomic mass is 10.1. The molecule has 0 saturated heterocycles. The van der Waals surface area contributed by atoms with E-state index in [2.05, 4.69) is 22.2 Å². The number of rotatable bonds is 8. The van der Waals surface area contributed by atoms with Crippen molar-refractivity contribution in [1.82, 2.24) is 4.98 Å². The minimum atomic E-state index is -0.958. The van der Waals surface area contributed by atoms with Gasteiger partial charge in [-0.1, -0.05) is 6.08 Å². The van der Waals surface area contributed by atoms with E-state index in [-0.39, 0.29) is 17.4 Å². The fourth-order valence-corrected chi connectivity index (χ4v) is 2.73. The molecule has 2 rings (SSSR count). The summed E-state index contributed by atoms with van der Waals surface area (Å²) in [4.78, 5) is 39.6. The van der Waals surface area contributed by atoms with Gasteiger partial charge in [-0.05, 0) is 31.2 Å². The van der Waals surface area contributed by atoms with E-state index in [1.165, 1.54) is 25.2 Å². The van der Waals surface area contributed by atoms with Crippen molar-refractivity contribution in [2.45, 2.75) is 20.0 Å². The summed E-state index contributed by atoms with van der Waals surface area (Å²) in [5.41, 5.74) is 1.11. The van der Waals surface area contributed by atoms with Crippen LogP contribution in [-0.2, 0) is 9.53 Å². The van der Waals surface area contributed by atoms with Crippen LogP contribution in [-0.4, -0.2) is 35.3 Å². The van der Waals surface area contributed by atoms with Crippen molar-refractivity contribution in [2.75, 3.05) is 17.2 Å². The maximum atomic E-state index is 12.4.